The predicted octanol–water partition coefficient (Wildman–Crippen LogP) is -2.86. The van der Waals surface area contributed by atoms with Gasteiger partial charge in [0.15, 0.2) is 10.0 Å². The maximum absolute atomic E-state index is 11.9. The van der Waals surface area contributed by atoms with Crippen LogP contribution in [0.4, 0.5) is 5.13 Å². The number of carbonyl (C=O) groups is 2. The van der Waals surface area contributed by atoms with Crippen LogP contribution in [-0.4, -0.2) is 75.7 Å². The summed E-state index contributed by atoms with van der Waals surface area (Å²) in [6.45, 7) is -4.35. The Morgan fingerprint density at radius 2 is 2.08 bits per heavy atom. The van der Waals surface area contributed by atoms with Crippen LogP contribution in [0.3, 0.4) is 0 Å². The van der Waals surface area contributed by atoms with Gasteiger partial charge in [-0.05, 0) is 0 Å². The highest BCUT2D eigenvalue weighted by Gasteiger charge is 2.31. The van der Waals surface area contributed by atoms with Crippen molar-refractivity contribution in [2.24, 2.45) is 0 Å². The van der Waals surface area contributed by atoms with E-state index < -0.39 is 31.1 Å². The zero-order valence-corrected chi connectivity index (χ0v) is 14.0. The van der Waals surface area contributed by atoms with Crippen LogP contribution in [0.5, 0.6) is 0 Å². The quantitative estimate of drug-likeness (QED) is 0.199. The Morgan fingerprint density at radius 3 is 2.60 bits per heavy atom. The Balaban J connectivity index is 1.96. The zero-order valence-electron chi connectivity index (χ0n) is 12.4. The molecule has 0 fully saturated rings. The lowest BCUT2D eigenvalue weighted by Crippen LogP contribution is -2.60. The number of carboxylic acids is 1. The number of carbonyl (C=O) groups excluding carboxylic acids is 1. The number of rotatable bonds is 8. The normalized spacial score (nSPS) is 12.8. The molecule has 0 aliphatic heterocycles. The van der Waals surface area contributed by atoms with E-state index in [0.717, 1.165) is 34.0 Å². The molecule has 0 bridgehead atoms. The molecular formula is C9H13BN7O6S2-. The van der Waals surface area contributed by atoms with E-state index in [2.05, 4.69) is 25.8 Å². The molecule has 13 nitrogen and oxygen atoms in total. The molecule has 0 spiro atoms. The summed E-state index contributed by atoms with van der Waals surface area (Å²) in [5.41, 5.74) is 5.04. The van der Waals surface area contributed by atoms with Crippen molar-refractivity contribution in [1.82, 2.24) is 30.5 Å². The van der Waals surface area contributed by atoms with Crippen molar-refractivity contribution in [3.8, 4) is 0 Å². The van der Waals surface area contributed by atoms with Crippen LogP contribution < -0.4 is 11.1 Å². The maximum atomic E-state index is 11.9. The minimum Gasteiger partial charge on any atom is -0.558 e. The topological polar surface area (TPSA) is 210 Å². The van der Waals surface area contributed by atoms with Gasteiger partial charge in [-0.3, -0.25) is 9.48 Å². The number of nitrogen functional groups attached to an aromatic ring is 1. The van der Waals surface area contributed by atoms with Crippen molar-refractivity contribution in [3.63, 3.8) is 0 Å². The largest absolute Gasteiger partial charge is 0.558 e. The Morgan fingerprint density at radius 1 is 1.36 bits per heavy atom. The summed E-state index contributed by atoms with van der Waals surface area (Å²) >= 11 is 2.10. The van der Waals surface area contributed by atoms with E-state index in [4.69, 9.17) is 10.8 Å². The Bertz CT molecular complexity index is 762. The first kappa shape index (κ1) is 19.1. The van der Waals surface area contributed by atoms with E-state index in [9.17, 15) is 24.7 Å². The van der Waals surface area contributed by atoms with Crippen LogP contribution in [0.1, 0.15) is 10.5 Å². The standard InChI is InChI=1S/C9H13BN7O6S2/c11-8-14-15-9(25-8)24-3-6(18)12-5(10(21,22)23)2-17-1-4(7(19)20)13-16-17/h1,5,21-23H,2-3H2,(H2,11,14)(H,12,18)(H,19,20)/q-1/t5-/m0/s1. The van der Waals surface area contributed by atoms with E-state index in [-0.39, 0.29) is 16.6 Å². The van der Waals surface area contributed by atoms with Crippen LogP contribution in [0.25, 0.3) is 0 Å². The molecule has 2 rings (SSSR count). The summed E-state index contributed by atoms with van der Waals surface area (Å²) in [4.78, 5) is 22.7. The first-order valence-corrected chi connectivity index (χ1v) is 8.42. The van der Waals surface area contributed by atoms with E-state index in [1.165, 1.54) is 0 Å². The Labute approximate surface area is 147 Å². The third-order valence-electron chi connectivity index (χ3n) is 2.78. The number of nitrogens with zero attached hydrogens (tertiary/aromatic N) is 5. The second-order valence-corrected chi connectivity index (χ2v) is 7.03. The monoisotopic (exact) mass is 390 g/mol. The molecule has 25 heavy (non-hydrogen) atoms. The van der Waals surface area contributed by atoms with Crippen molar-refractivity contribution < 1.29 is 29.8 Å². The van der Waals surface area contributed by atoms with E-state index in [1.54, 1.807) is 0 Å². The predicted molar refractivity (Wildman–Crippen MR) is 86.4 cm³/mol. The number of carboxylic acid groups (broad SMARTS) is 1. The fourth-order valence-corrected chi connectivity index (χ4v) is 3.09. The van der Waals surface area contributed by atoms with Crippen molar-refractivity contribution in [2.45, 2.75) is 16.8 Å². The summed E-state index contributed by atoms with van der Waals surface area (Å²) < 4.78 is 1.40. The van der Waals surface area contributed by atoms with Crippen LogP contribution in [0.15, 0.2) is 10.5 Å². The lowest BCUT2D eigenvalue weighted by atomic mass is 9.70. The number of aromatic nitrogens is 5. The molecule has 2 heterocycles. The summed E-state index contributed by atoms with van der Waals surface area (Å²) in [7, 11) is 0. The highest BCUT2D eigenvalue weighted by Crippen LogP contribution is 2.23. The number of aromatic carboxylic acids is 1. The molecule has 2 aromatic rings. The fraction of sp³-hybridized carbons (Fsp3) is 0.333. The fourth-order valence-electron chi connectivity index (χ4n) is 1.64. The van der Waals surface area contributed by atoms with Gasteiger partial charge in [-0.15, -0.1) is 15.3 Å². The number of thioether (sulfide) groups is 1. The molecule has 1 atom stereocenters. The van der Waals surface area contributed by atoms with Gasteiger partial charge in [0.05, 0.1) is 11.9 Å². The SMILES string of the molecule is Nc1nnc(SCC(=O)N[C@@H](Cn2cc(C(=O)O)nn2)[B-](O)(O)O)s1. The van der Waals surface area contributed by atoms with Gasteiger partial charge in [0, 0.05) is 12.5 Å². The second-order valence-electron chi connectivity index (χ2n) is 4.79. The number of nitrogens with one attached hydrogen (secondary N) is 1. The molecule has 0 saturated heterocycles. The average Bonchev–Trinajstić information content (AvgIpc) is 3.12. The van der Waals surface area contributed by atoms with Gasteiger partial charge in [0.25, 0.3) is 0 Å². The molecule has 0 saturated carbocycles. The van der Waals surface area contributed by atoms with Gasteiger partial charge >= 0.3 is 12.7 Å². The molecule has 0 aliphatic carbocycles. The molecule has 1 amide bonds. The Hall–Kier alpha value is -2.27. The second kappa shape index (κ2) is 7.75. The highest BCUT2D eigenvalue weighted by molar-refractivity contribution is 8.01. The van der Waals surface area contributed by atoms with Crippen LogP contribution in [0, 0.1) is 0 Å². The van der Waals surface area contributed by atoms with Gasteiger partial charge in [-0.1, -0.05) is 28.3 Å². The van der Waals surface area contributed by atoms with E-state index >= 15 is 0 Å². The zero-order chi connectivity index (χ0) is 18.6. The molecule has 0 aliphatic rings. The minimum atomic E-state index is -3.94. The molecule has 0 radical (unpaired) electrons. The van der Waals surface area contributed by atoms with Crippen molar-refractivity contribution in [3.05, 3.63) is 11.9 Å². The number of amides is 1. The number of hydrogen-bond acceptors (Lipinski definition) is 12. The molecule has 0 aromatic carbocycles. The van der Waals surface area contributed by atoms with Crippen molar-refractivity contribution in [2.75, 3.05) is 11.5 Å². The number of anilines is 1. The maximum Gasteiger partial charge on any atom is 0.395 e. The average molecular weight is 390 g/mol. The third-order valence-corrected chi connectivity index (χ3v) is 4.66. The first-order chi connectivity index (χ1) is 11.6. The smallest absolute Gasteiger partial charge is 0.395 e. The summed E-state index contributed by atoms with van der Waals surface area (Å²) in [5, 5.41) is 53.6. The summed E-state index contributed by atoms with van der Waals surface area (Å²) in [6, 6.07) is 0. The summed E-state index contributed by atoms with van der Waals surface area (Å²) in [6.07, 6.45) is 1.02. The van der Waals surface area contributed by atoms with Crippen LogP contribution in [-0.2, 0) is 11.3 Å². The molecule has 0 unspecified atom stereocenters. The van der Waals surface area contributed by atoms with Crippen molar-refractivity contribution >= 4 is 46.9 Å². The molecule has 16 heteroatoms. The lowest BCUT2D eigenvalue weighted by molar-refractivity contribution is -0.119. The van der Waals surface area contributed by atoms with Gasteiger partial charge < -0.3 is 31.2 Å². The van der Waals surface area contributed by atoms with Gasteiger partial charge in [-0.2, -0.15) is 0 Å². The Kier molecular flexibility index (Phi) is 5.91. The highest BCUT2D eigenvalue weighted by atomic mass is 32.2. The van der Waals surface area contributed by atoms with E-state index in [1.807, 2.05) is 0 Å². The molecular weight excluding hydrogens is 377 g/mol. The van der Waals surface area contributed by atoms with E-state index in [0.29, 0.717) is 4.34 Å². The molecule has 7 N–H and O–H groups in total. The molecule has 136 valence electrons. The van der Waals surface area contributed by atoms with Crippen LogP contribution >= 0.6 is 23.1 Å². The van der Waals surface area contributed by atoms with Gasteiger partial charge in [0.2, 0.25) is 11.0 Å². The summed E-state index contributed by atoms with van der Waals surface area (Å²) in [5.74, 6) is -3.63. The molecule has 2 aromatic heterocycles. The first-order valence-electron chi connectivity index (χ1n) is 6.61. The van der Waals surface area contributed by atoms with Crippen molar-refractivity contribution in [1.29, 1.82) is 0 Å². The number of nitrogens with two attached hydrogens (primary N) is 1. The van der Waals surface area contributed by atoms with Gasteiger partial charge in [0.1, 0.15) is 0 Å². The third kappa shape index (κ3) is 5.64. The van der Waals surface area contributed by atoms with Crippen LogP contribution in [0.2, 0.25) is 0 Å². The van der Waals surface area contributed by atoms with Gasteiger partial charge in [-0.25, -0.2) is 4.79 Å². The lowest BCUT2D eigenvalue weighted by Gasteiger charge is -2.32. The minimum absolute atomic E-state index is 0.144. The number of hydrogen-bond donors (Lipinski definition) is 6.